The quantitative estimate of drug-likeness (QED) is 0.718. The molecule has 6 heteroatoms. The lowest BCUT2D eigenvalue weighted by atomic mass is 9.94. The number of aromatic nitrogens is 1. The summed E-state index contributed by atoms with van der Waals surface area (Å²) in [4.78, 5) is 27.3. The maximum Gasteiger partial charge on any atom is 0.305 e. The minimum Gasteiger partial charge on any atom is -0.481 e. The number of nitrogens with zero attached hydrogens (tertiary/aromatic N) is 1. The van der Waals surface area contributed by atoms with Crippen LogP contribution in [0.5, 0.6) is 0 Å². The smallest absolute Gasteiger partial charge is 0.305 e. The maximum atomic E-state index is 11.9. The van der Waals surface area contributed by atoms with Gasteiger partial charge in [0.25, 0.3) is 0 Å². The van der Waals surface area contributed by atoms with Gasteiger partial charge >= 0.3 is 5.97 Å². The van der Waals surface area contributed by atoms with E-state index < -0.39 is 12.0 Å². The zero-order valence-electron chi connectivity index (χ0n) is 14.7. The number of hydrogen-bond acceptors (Lipinski definition) is 4. The summed E-state index contributed by atoms with van der Waals surface area (Å²) in [6.07, 6.45) is 3.16. The zero-order chi connectivity index (χ0) is 18.4. The highest BCUT2D eigenvalue weighted by molar-refractivity contribution is 5.79. The van der Waals surface area contributed by atoms with E-state index in [4.69, 9.17) is 0 Å². The van der Waals surface area contributed by atoms with Gasteiger partial charge in [-0.05, 0) is 49.2 Å². The molecule has 0 saturated heterocycles. The highest BCUT2D eigenvalue weighted by Crippen LogP contribution is 2.29. The molecule has 2 aromatic rings. The van der Waals surface area contributed by atoms with E-state index in [0.29, 0.717) is 5.56 Å². The molecule has 0 bridgehead atoms. The van der Waals surface area contributed by atoms with Crippen LogP contribution >= 0.6 is 0 Å². The van der Waals surface area contributed by atoms with Crippen molar-refractivity contribution in [3.05, 3.63) is 53.3 Å². The number of carboxylic acids is 1. The van der Waals surface area contributed by atoms with Crippen LogP contribution in [0.3, 0.4) is 0 Å². The van der Waals surface area contributed by atoms with Crippen molar-refractivity contribution in [1.29, 1.82) is 0 Å². The molecule has 3 N–H and O–H groups in total. The molecule has 2 rings (SSSR count). The number of likely N-dealkylation sites (N-methyl/N-ethyl adjacent to an activating group) is 1. The number of rotatable bonds is 7. The van der Waals surface area contributed by atoms with Crippen molar-refractivity contribution < 1.29 is 14.7 Å². The molecule has 0 aliphatic carbocycles. The van der Waals surface area contributed by atoms with Crippen molar-refractivity contribution in [1.82, 2.24) is 15.6 Å². The van der Waals surface area contributed by atoms with Crippen LogP contribution in [0.15, 0.2) is 36.7 Å². The summed E-state index contributed by atoms with van der Waals surface area (Å²) in [5, 5.41) is 14.7. The third-order valence-electron chi connectivity index (χ3n) is 3.98. The van der Waals surface area contributed by atoms with Crippen LogP contribution in [-0.4, -0.2) is 35.6 Å². The van der Waals surface area contributed by atoms with Crippen molar-refractivity contribution >= 4 is 11.9 Å². The van der Waals surface area contributed by atoms with E-state index in [-0.39, 0.29) is 18.9 Å². The second kappa shape index (κ2) is 8.39. The summed E-state index contributed by atoms with van der Waals surface area (Å²) in [6.45, 7) is 4.18. The summed E-state index contributed by atoms with van der Waals surface area (Å²) in [7, 11) is 1.66. The zero-order valence-corrected chi connectivity index (χ0v) is 14.7. The Kier molecular flexibility index (Phi) is 6.25. The highest BCUT2D eigenvalue weighted by Gasteiger charge is 2.19. The van der Waals surface area contributed by atoms with Gasteiger partial charge in [0.15, 0.2) is 0 Å². The number of aryl methyl sites for hydroxylation is 2. The molecule has 0 aliphatic heterocycles. The molecule has 0 aliphatic rings. The third-order valence-corrected chi connectivity index (χ3v) is 3.98. The molecule has 1 amide bonds. The number of aliphatic carboxylic acids is 1. The lowest BCUT2D eigenvalue weighted by Gasteiger charge is -2.18. The van der Waals surface area contributed by atoms with Crippen LogP contribution in [0.25, 0.3) is 11.1 Å². The molecular weight excluding hydrogens is 318 g/mol. The second-order valence-corrected chi connectivity index (χ2v) is 6.02. The SMILES string of the molecule is CNCC(=O)NC(CC(=O)O)c1cncc(-c2c(C)cccc2C)c1. The normalized spacial score (nSPS) is 11.8. The van der Waals surface area contributed by atoms with Gasteiger partial charge in [0, 0.05) is 18.0 Å². The average molecular weight is 341 g/mol. The lowest BCUT2D eigenvalue weighted by molar-refractivity contribution is -0.137. The Morgan fingerprint density at radius 2 is 1.88 bits per heavy atom. The highest BCUT2D eigenvalue weighted by atomic mass is 16.4. The van der Waals surface area contributed by atoms with Crippen molar-refractivity contribution in [2.24, 2.45) is 0 Å². The van der Waals surface area contributed by atoms with Crippen LogP contribution in [0, 0.1) is 13.8 Å². The van der Waals surface area contributed by atoms with Gasteiger partial charge in [-0.1, -0.05) is 18.2 Å². The molecule has 1 aromatic heterocycles. The number of pyridine rings is 1. The maximum absolute atomic E-state index is 11.9. The topological polar surface area (TPSA) is 91.3 Å². The minimum atomic E-state index is -0.979. The summed E-state index contributed by atoms with van der Waals surface area (Å²) < 4.78 is 0. The molecule has 1 atom stereocenters. The van der Waals surface area contributed by atoms with Gasteiger partial charge in [-0.15, -0.1) is 0 Å². The summed E-state index contributed by atoms with van der Waals surface area (Å²) in [5.74, 6) is -1.24. The number of hydrogen-bond donors (Lipinski definition) is 3. The van der Waals surface area contributed by atoms with E-state index >= 15 is 0 Å². The number of benzene rings is 1. The van der Waals surface area contributed by atoms with E-state index in [1.54, 1.807) is 19.4 Å². The molecule has 25 heavy (non-hydrogen) atoms. The molecule has 6 nitrogen and oxygen atoms in total. The minimum absolute atomic E-state index is 0.125. The fourth-order valence-corrected chi connectivity index (χ4v) is 2.89. The van der Waals surface area contributed by atoms with Crippen molar-refractivity contribution in [3.8, 4) is 11.1 Å². The third kappa shape index (κ3) is 4.87. The lowest BCUT2D eigenvalue weighted by Crippen LogP contribution is -2.36. The van der Waals surface area contributed by atoms with E-state index in [2.05, 4.69) is 15.6 Å². The van der Waals surface area contributed by atoms with Crippen molar-refractivity contribution in [2.45, 2.75) is 26.3 Å². The van der Waals surface area contributed by atoms with Gasteiger partial charge in [0.1, 0.15) is 0 Å². The van der Waals surface area contributed by atoms with Gasteiger partial charge in [-0.2, -0.15) is 0 Å². The van der Waals surface area contributed by atoms with Gasteiger partial charge in [-0.25, -0.2) is 0 Å². The first kappa shape index (κ1) is 18.6. The molecule has 1 unspecified atom stereocenters. The molecule has 132 valence electrons. The standard InChI is InChI=1S/C19H23N3O3/c1-12-5-4-6-13(2)19(12)15-7-14(9-21-10-15)16(8-18(24)25)22-17(23)11-20-3/h4-7,9-10,16,20H,8,11H2,1-3H3,(H,22,23)(H,24,25). The Morgan fingerprint density at radius 1 is 1.20 bits per heavy atom. The molecular formula is C19H23N3O3. The van der Waals surface area contributed by atoms with Crippen LogP contribution in [-0.2, 0) is 9.59 Å². The van der Waals surface area contributed by atoms with E-state index in [0.717, 1.165) is 22.3 Å². The molecule has 0 spiro atoms. The fourth-order valence-electron chi connectivity index (χ4n) is 2.89. The van der Waals surface area contributed by atoms with Crippen molar-refractivity contribution in [2.75, 3.05) is 13.6 Å². The van der Waals surface area contributed by atoms with Crippen LogP contribution in [0.2, 0.25) is 0 Å². The number of amides is 1. The van der Waals surface area contributed by atoms with Gasteiger partial charge < -0.3 is 15.7 Å². The van der Waals surface area contributed by atoms with E-state index in [9.17, 15) is 14.7 Å². The Hall–Kier alpha value is -2.73. The summed E-state index contributed by atoms with van der Waals surface area (Å²) in [5.41, 5.74) is 4.90. The summed E-state index contributed by atoms with van der Waals surface area (Å²) >= 11 is 0. The predicted molar refractivity (Wildman–Crippen MR) is 96.2 cm³/mol. The Bertz CT molecular complexity index is 754. The average Bonchev–Trinajstić information content (AvgIpc) is 2.54. The van der Waals surface area contributed by atoms with Gasteiger partial charge in [0.2, 0.25) is 5.91 Å². The second-order valence-electron chi connectivity index (χ2n) is 6.02. The molecule has 0 radical (unpaired) electrons. The monoisotopic (exact) mass is 341 g/mol. The Morgan fingerprint density at radius 3 is 2.48 bits per heavy atom. The fraction of sp³-hybridized carbons (Fsp3) is 0.316. The van der Waals surface area contributed by atoms with E-state index in [1.165, 1.54) is 0 Å². The Labute approximate surface area is 147 Å². The molecule has 0 saturated carbocycles. The number of nitrogens with one attached hydrogen (secondary N) is 2. The molecule has 1 aromatic carbocycles. The molecule has 1 heterocycles. The summed E-state index contributed by atoms with van der Waals surface area (Å²) in [6, 6.07) is 7.32. The Balaban J connectivity index is 2.39. The van der Waals surface area contributed by atoms with Gasteiger partial charge in [-0.3, -0.25) is 14.6 Å². The predicted octanol–water partition coefficient (Wildman–Crippen LogP) is 2.22. The van der Waals surface area contributed by atoms with Crippen LogP contribution in [0.4, 0.5) is 0 Å². The first-order valence-corrected chi connectivity index (χ1v) is 8.09. The molecule has 0 fully saturated rings. The first-order valence-electron chi connectivity index (χ1n) is 8.09. The van der Waals surface area contributed by atoms with E-state index in [1.807, 2.05) is 38.1 Å². The number of carboxylic acid groups (broad SMARTS) is 1. The van der Waals surface area contributed by atoms with Crippen molar-refractivity contribution in [3.63, 3.8) is 0 Å². The largest absolute Gasteiger partial charge is 0.481 e. The van der Waals surface area contributed by atoms with Gasteiger partial charge in [0.05, 0.1) is 19.0 Å². The van der Waals surface area contributed by atoms with Crippen LogP contribution in [0.1, 0.15) is 29.2 Å². The first-order chi connectivity index (χ1) is 11.9. The van der Waals surface area contributed by atoms with Crippen LogP contribution < -0.4 is 10.6 Å². The number of carbonyl (C=O) groups is 2. The number of carbonyl (C=O) groups excluding carboxylic acids is 1.